The maximum absolute atomic E-state index is 14.3. The van der Waals surface area contributed by atoms with Crippen LogP contribution < -0.4 is 26.0 Å². The van der Waals surface area contributed by atoms with Crippen molar-refractivity contribution < 1.29 is 28.3 Å². The Morgan fingerprint density at radius 1 is 1.24 bits per heavy atom. The molecule has 4 N–H and O–H groups in total. The lowest BCUT2D eigenvalue weighted by atomic mass is 10.1. The molecule has 0 aliphatic carbocycles. The molecule has 13 nitrogen and oxygen atoms in total. The highest BCUT2D eigenvalue weighted by Crippen LogP contribution is 2.28. The summed E-state index contributed by atoms with van der Waals surface area (Å²) in [6.45, 7) is 3.30. The summed E-state index contributed by atoms with van der Waals surface area (Å²) in [6, 6.07) is 5.90. The standard InChI is InChI=1S/C23H21FN8O5/c1-11(2)28-22(35)16(7-25)31-23(36)17-6-15(30-20-13(24)9-27-32(17)20)21(34)26-8-12-3-4-18-14(5-12)29-19(33)10-37-18/h3-6,9,11,16H,8,10H2,1-2H3,(H,26,34)(H,28,35)(H,29,33)(H,31,36). The minimum absolute atomic E-state index is 0.0179. The van der Waals surface area contributed by atoms with Crippen molar-refractivity contribution in [2.24, 2.45) is 0 Å². The maximum atomic E-state index is 14.3. The predicted octanol–water partition coefficient (Wildman–Crippen LogP) is 0.276. The molecule has 0 fully saturated rings. The number of amides is 4. The van der Waals surface area contributed by atoms with Crippen LogP contribution in [0.4, 0.5) is 10.1 Å². The zero-order valence-corrected chi connectivity index (χ0v) is 19.7. The summed E-state index contributed by atoms with van der Waals surface area (Å²) in [5.41, 5.74) is 0.0699. The molecule has 3 aromatic rings. The fourth-order valence-electron chi connectivity index (χ4n) is 3.46. The number of benzene rings is 1. The molecule has 1 aliphatic rings. The number of aromatic nitrogens is 3. The van der Waals surface area contributed by atoms with E-state index >= 15 is 0 Å². The number of carbonyl (C=O) groups is 4. The number of carbonyl (C=O) groups excluding carboxylic acids is 4. The van der Waals surface area contributed by atoms with Gasteiger partial charge in [-0.3, -0.25) is 19.2 Å². The molecule has 1 unspecified atom stereocenters. The molecular formula is C23H21FN8O5. The number of fused-ring (bicyclic) bond motifs is 2. The van der Waals surface area contributed by atoms with E-state index in [1.807, 2.05) is 0 Å². The van der Waals surface area contributed by atoms with E-state index in [-0.39, 0.29) is 36.5 Å². The van der Waals surface area contributed by atoms with Crippen LogP contribution in [0.1, 0.15) is 40.4 Å². The van der Waals surface area contributed by atoms with Crippen LogP contribution in [-0.4, -0.2) is 56.9 Å². The first-order chi connectivity index (χ1) is 17.7. The second kappa shape index (κ2) is 10.3. The molecule has 1 aromatic carbocycles. The zero-order valence-electron chi connectivity index (χ0n) is 19.7. The van der Waals surface area contributed by atoms with E-state index in [0.717, 1.165) is 16.8 Å². The van der Waals surface area contributed by atoms with Gasteiger partial charge in [0.05, 0.1) is 18.0 Å². The van der Waals surface area contributed by atoms with E-state index in [4.69, 9.17) is 4.74 Å². The lowest BCUT2D eigenvalue weighted by molar-refractivity contribution is -0.122. The third-order valence-corrected chi connectivity index (χ3v) is 5.12. The summed E-state index contributed by atoms with van der Waals surface area (Å²) >= 11 is 0. The molecular weight excluding hydrogens is 487 g/mol. The molecule has 4 rings (SSSR count). The van der Waals surface area contributed by atoms with E-state index in [9.17, 15) is 28.8 Å². The van der Waals surface area contributed by atoms with E-state index in [0.29, 0.717) is 17.0 Å². The predicted molar refractivity (Wildman–Crippen MR) is 125 cm³/mol. The minimum Gasteiger partial charge on any atom is -0.482 e. The Kier molecular flexibility index (Phi) is 6.96. The van der Waals surface area contributed by atoms with Gasteiger partial charge in [0.25, 0.3) is 23.6 Å². The van der Waals surface area contributed by atoms with Crippen molar-refractivity contribution in [2.45, 2.75) is 32.5 Å². The maximum Gasteiger partial charge on any atom is 0.271 e. The van der Waals surface area contributed by atoms with Crippen LogP contribution in [0.25, 0.3) is 5.65 Å². The highest BCUT2D eigenvalue weighted by molar-refractivity contribution is 6.00. The first kappa shape index (κ1) is 25.0. The Morgan fingerprint density at radius 3 is 2.76 bits per heavy atom. The van der Waals surface area contributed by atoms with Crippen LogP contribution in [0, 0.1) is 17.1 Å². The lowest BCUT2D eigenvalue weighted by Gasteiger charge is -2.18. The van der Waals surface area contributed by atoms with Gasteiger partial charge in [0, 0.05) is 18.7 Å². The van der Waals surface area contributed by atoms with Crippen LogP contribution >= 0.6 is 0 Å². The number of rotatable bonds is 7. The molecule has 1 aliphatic heterocycles. The van der Waals surface area contributed by atoms with E-state index in [2.05, 4.69) is 31.3 Å². The number of hydrogen-bond acceptors (Lipinski definition) is 8. The van der Waals surface area contributed by atoms with Gasteiger partial charge in [-0.15, -0.1) is 0 Å². The monoisotopic (exact) mass is 508 g/mol. The molecule has 0 saturated carbocycles. The van der Waals surface area contributed by atoms with Crippen molar-refractivity contribution in [1.29, 1.82) is 5.26 Å². The Hall–Kier alpha value is -5.06. The van der Waals surface area contributed by atoms with Crippen LogP contribution in [-0.2, 0) is 16.1 Å². The molecule has 1 atom stereocenters. The average molecular weight is 508 g/mol. The summed E-state index contributed by atoms with van der Waals surface area (Å²) < 4.78 is 20.5. The van der Waals surface area contributed by atoms with Crippen LogP contribution in [0.5, 0.6) is 5.75 Å². The Bertz CT molecular complexity index is 1460. The SMILES string of the molecule is CC(C)NC(=O)C(C#N)NC(=O)c1cc(C(=O)NCc2ccc3c(c2)NC(=O)CO3)nc2c(F)cnn12. The number of nitrogens with zero attached hydrogens (tertiary/aromatic N) is 4. The first-order valence-corrected chi connectivity index (χ1v) is 11.0. The first-order valence-electron chi connectivity index (χ1n) is 11.0. The minimum atomic E-state index is -1.54. The molecule has 4 amide bonds. The second-order valence-corrected chi connectivity index (χ2v) is 8.30. The normalized spacial score (nSPS) is 13.1. The number of anilines is 1. The van der Waals surface area contributed by atoms with Crippen molar-refractivity contribution in [3.63, 3.8) is 0 Å². The molecule has 0 bridgehead atoms. The summed E-state index contributed by atoms with van der Waals surface area (Å²) in [6.07, 6.45) is 0.817. The van der Waals surface area contributed by atoms with Gasteiger partial charge in [-0.2, -0.15) is 10.4 Å². The van der Waals surface area contributed by atoms with Gasteiger partial charge in [-0.25, -0.2) is 13.9 Å². The quantitative estimate of drug-likeness (QED) is 0.351. The summed E-state index contributed by atoms with van der Waals surface area (Å²) in [5, 5.41) is 23.1. The third-order valence-electron chi connectivity index (χ3n) is 5.12. The van der Waals surface area contributed by atoms with Crippen molar-refractivity contribution in [2.75, 3.05) is 11.9 Å². The van der Waals surface area contributed by atoms with E-state index in [1.165, 1.54) is 0 Å². The number of nitrogens with one attached hydrogen (secondary N) is 4. The van der Waals surface area contributed by atoms with Crippen molar-refractivity contribution in [3.05, 3.63) is 53.2 Å². The van der Waals surface area contributed by atoms with Crippen molar-refractivity contribution >= 4 is 35.0 Å². The molecule has 3 heterocycles. The van der Waals surface area contributed by atoms with Crippen LogP contribution in [0.15, 0.2) is 30.5 Å². The fourth-order valence-corrected chi connectivity index (χ4v) is 3.46. The van der Waals surface area contributed by atoms with Gasteiger partial charge >= 0.3 is 0 Å². The topological polar surface area (TPSA) is 180 Å². The Morgan fingerprint density at radius 2 is 2.03 bits per heavy atom. The second-order valence-electron chi connectivity index (χ2n) is 8.30. The van der Waals surface area contributed by atoms with Gasteiger partial charge in [0.15, 0.2) is 24.1 Å². The van der Waals surface area contributed by atoms with Gasteiger partial charge in [-0.05, 0) is 31.5 Å². The summed E-state index contributed by atoms with van der Waals surface area (Å²) in [7, 11) is 0. The van der Waals surface area contributed by atoms with Crippen molar-refractivity contribution in [1.82, 2.24) is 30.5 Å². The lowest BCUT2D eigenvalue weighted by Crippen LogP contribution is -2.48. The molecule has 2 aromatic heterocycles. The van der Waals surface area contributed by atoms with Crippen LogP contribution in [0.2, 0.25) is 0 Å². The van der Waals surface area contributed by atoms with Crippen molar-refractivity contribution in [3.8, 4) is 11.8 Å². The zero-order chi connectivity index (χ0) is 26.7. The molecule has 190 valence electrons. The highest BCUT2D eigenvalue weighted by atomic mass is 19.1. The number of hydrogen-bond donors (Lipinski definition) is 4. The molecule has 14 heteroatoms. The summed E-state index contributed by atoms with van der Waals surface area (Å²) in [4.78, 5) is 53.4. The number of nitriles is 1. The highest BCUT2D eigenvalue weighted by Gasteiger charge is 2.25. The summed E-state index contributed by atoms with van der Waals surface area (Å²) in [5.74, 6) is -3.10. The van der Waals surface area contributed by atoms with E-state index in [1.54, 1.807) is 38.1 Å². The van der Waals surface area contributed by atoms with Crippen LogP contribution in [0.3, 0.4) is 0 Å². The molecule has 0 radical (unpaired) electrons. The van der Waals surface area contributed by atoms with E-state index < -0.39 is 35.2 Å². The fraction of sp³-hybridized carbons (Fsp3) is 0.261. The Balaban J connectivity index is 1.55. The van der Waals surface area contributed by atoms with Gasteiger partial charge < -0.3 is 26.0 Å². The Labute approximate surface area is 209 Å². The number of ether oxygens (including phenoxy) is 1. The van der Waals surface area contributed by atoms with Gasteiger partial charge in [-0.1, -0.05) is 6.07 Å². The average Bonchev–Trinajstić information content (AvgIpc) is 3.24. The van der Waals surface area contributed by atoms with Gasteiger partial charge in [0.2, 0.25) is 0 Å². The largest absolute Gasteiger partial charge is 0.482 e. The number of halogens is 1. The molecule has 0 saturated heterocycles. The molecule has 37 heavy (non-hydrogen) atoms. The smallest absolute Gasteiger partial charge is 0.271 e. The van der Waals surface area contributed by atoms with Gasteiger partial charge in [0.1, 0.15) is 17.1 Å². The third kappa shape index (κ3) is 5.45. The molecule has 0 spiro atoms.